The predicted molar refractivity (Wildman–Crippen MR) is 247 cm³/mol. The van der Waals surface area contributed by atoms with Crippen LogP contribution in [0.15, 0.2) is 91.5 Å². The molecule has 9 aromatic rings. The van der Waals surface area contributed by atoms with Gasteiger partial charge in [0.2, 0.25) is 11.9 Å². The zero-order valence-corrected chi connectivity index (χ0v) is 37.2. The smallest absolute Gasteiger partial charge is 0.258 e. The van der Waals surface area contributed by atoms with E-state index in [0.717, 1.165) is 32.9 Å². The van der Waals surface area contributed by atoms with E-state index in [1.54, 1.807) is 66.4 Å². The summed E-state index contributed by atoms with van der Waals surface area (Å²) in [6.45, 7) is 1.57. The van der Waals surface area contributed by atoms with Crippen molar-refractivity contribution >= 4 is 74.2 Å². The normalized spacial score (nSPS) is 15.0. The molecule has 0 bridgehead atoms. The van der Waals surface area contributed by atoms with Crippen molar-refractivity contribution in [3.63, 3.8) is 0 Å². The summed E-state index contributed by atoms with van der Waals surface area (Å²) in [4.78, 5) is 27.1. The first-order chi connectivity index (χ1) is 32.0. The highest BCUT2D eigenvalue weighted by molar-refractivity contribution is 6.38. The van der Waals surface area contributed by atoms with Crippen LogP contribution in [0.4, 0.5) is 23.3 Å². The Labute approximate surface area is 385 Å². The van der Waals surface area contributed by atoms with Gasteiger partial charge in [0.05, 0.1) is 64.1 Å². The van der Waals surface area contributed by atoms with Crippen LogP contribution in [0.2, 0.25) is 10.0 Å². The number of aromatic amines is 2. The first-order valence-corrected chi connectivity index (χ1v) is 21.4. The van der Waals surface area contributed by atoms with Gasteiger partial charge in [-0.05, 0) is 67.1 Å². The van der Waals surface area contributed by atoms with Gasteiger partial charge in [-0.2, -0.15) is 20.2 Å². The van der Waals surface area contributed by atoms with E-state index in [9.17, 15) is 9.90 Å². The van der Waals surface area contributed by atoms with Gasteiger partial charge < -0.3 is 35.3 Å². The number of H-pyrrole nitrogens is 2. The predicted octanol–water partition coefficient (Wildman–Crippen LogP) is 8.04. The maximum atomic E-state index is 13.2. The molecule has 6 heterocycles. The van der Waals surface area contributed by atoms with E-state index in [1.807, 2.05) is 55.5 Å². The standard InChI is InChI=1S/C45H40Cl2N14O5/c1-22(51-39(63)21-65-35-12-6-24(15-38(35)64-4)43-55-45(61(3)59-43)53-33-11-9-31-29(41(33)47)20-50-57-31)25-13-26(18-48-17-25)36-16-34(62)27-7-5-23(14-37(27)66-36)42-54-44(60(2)58-42)52-32-10-8-30-28(40(32)46)19-49-56-30/h5-15,17-20,22,34,36,62H,16,21H2,1-4H3,(H,49,56)(H,50,57)(H,51,63)(H,52,54,58)(H,53,55,59). The fourth-order valence-corrected chi connectivity index (χ4v) is 8.26. The number of halogens is 2. The molecule has 5 aromatic heterocycles. The fraction of sp³-hybridized carbons (Fsp3) is 0.200. The summed E-state index contributed by atoms with van der Waals surface area (Å²) < 4.78 is 21.3. The number of benzene rings is 4. The molecule has 1 aliphatic rings. The molecule has 6 N–H and O–H groups in total. The van der Waals surface area contributed by atoms with Crippen molar-refractivity contribution in [2.24, 2.45) is 14.1 Å². The molecule has 0 aliphatic carbocycles. The number of aromatic nitrogens is 11. The number of carbonyl (C=O) groups excluding carboxylic acids is 1. The Kier molecular flexibility index (Phi) is 11.1. The Morgan fingerprint density at radius 2 is 1.45 bits per heavy atom. The molecule has 21 heteroatoms. The first kappa shape index (κ1) is 42.2. The van der Waals surface area contributed by atoms with Crippen LogP contribution in [0.5, 0.6) is 17.2 Å². The number of methoxy groups -OCH3 is 1. The van der Waals surface area contributed by atoms with Crippen LogP contribution in [0.25, 0.3) is 44.6 Å². The van der Waals surface area contributed by atoms with E-state index >= 15 is 0 Å². The summed E-state index contributed by atoms with van der Waals surface area (Å²) in [6, 6.07) is 19.6. The molecule has 66 heavy (non-hydrogen) atoms. The molecule has 0 radical (unpaired) electrons. The third-order valence-corrected chi connectivity index (χ3v) is 12.1. The number of aryl methyl sites for hydroxylation is 2. The largest absolute Gasteiger partial charge is 0.493 e. The minimum absolute atomic E-state index is 0.278. The van der Waals surface area contributed by atoms with Crippen molar-refractivity contribution < 1.29 is 24.1 Å². The van der Waals surface area contributed by atoms with Crippen molar-refractivity contribution in [2.45, 2.75) is 31.6 Å². The van der Waals surface area contributed by atoms with Gasteiger partial charge in [-0.1, -0.05) is 35.3 Å². The van der Waals surface area contributed by atoms with E-state index in [2.05, 4.69) is 56.5 Å². The number of fused-ring (bicyclic) bond motifs is 3. The quantitative estimate of drug-likeness (QED) is 0.0643. The molecule has 1 aliphatic heterocycles. The minimum atomic E-state index is -0.797. The number of anilines is 4. The van der Waals surface area contributed by atoms with E-state index in [-0.39, 0.29) is 12.5 Å². The van der Waals surface area contributed by atoms with Crippen LogP contribution in [-0.2, 0) is 18.9 Å². The Hall–Kier alpha value is -7.74. The SMILES string of the molecule is COc1cc(-c2nc(Nc3ccc4[nH]ncc4c3Cl)n(C)n2)ccc1OCC(=O)NC(C)c1cncc(C2CC(O)c3ccc(-c4nc(Nc5ccc6[nH]ncc6c5Cl)n(C)n4)cc3O2)c1. The monoisotopic (exact) mass is 926 g/mol. The van der Waals surface area contributed by atoms with Crippen molar-refractivity contribution in [1.82, 2.24) is 60.2 Å². The average Bonchev–Trinajstić information content (AvgIpc) is 4.15. The van der Waals surface area contributed by atoms with Gasteiger partial charge in [-0.25, -0.2) is 9.36 Å². The summed E-state index contributed by atoms with van der Waals surface area (Å²) in [7, 11) is 5.07. The zero-order valence-electron chi connectivity index (χ0n) is 35.7. The van der Waals surface area contributed by atoms with Crippen LogP contribution in [0, 0.1) is 0 Å². The van der Waals surface area contributed by atoms with Crippen LogP contribution < -0.4 is 30.2 Å². The van der Waals surface area contributed by atoms with Gasteiger partial charge in [-0.3, -0.25) is 20.0 Å². The van der Waals surface area contributed by atoms with Crippen LogP contribution in [0.3, 0.4) is 0 Å². The number of nitrogens with zero attached hydrogens (tertiary/aromatic N) is 9. The molecule has 0 fully saturated rings. The maximum Gasteiger partial charge on any atom is 0.258 e. The number of amides is 1. The van der Waals surface area contributed by atoms with Gasteiger partial charge in [0.15, 0.2) is 29.8 Å². The highest BCUT2D eigenvalue weighted by atomic mass is 35.5. The first-order valence-electron chi connectivity index (χ1n) is 20.6. The van der Waals surface area contributed by atoms with Crippen molar-refractivity contribution in [3.05, 3.63) is 118 Å². The third-order valence-electron chi connectivity index (χ3n) is 11.3. The second-order valence-corrected chi connectivity index (χ2v) is 16.4. The molecule has 0 saturated carbocycles. The molecular formula is C45H40Cl2N14O5. The fourth-order valence-electron chi connectivity index (χ4n) is 7.74. The number of carbonyl (C=O) groups is 1. The molecule has 10 rings (SSSR count). The average molecular weight is 928 g/mol. The lowest BCUT2D eigenvalue weighted by Gasteiger charge is -2.30. The van der Waals surface area contributed by atoms with Crippen LogP contribution in [0.1, 0.15) is 48.3 Å². The molecule has 19 nitrogen and oxygen atoms in total. The Morgan fingerprint density at radius 1 is 0.833 bits per heavy atom. The summed E-state index contributed by atoms with van der Waals surface area (Å²) in [5.41, 5.74) is 6.45. The highest BCUT2D eigenvalue weighted by Crippen LogP contribution is 2.43. The topological polar surface area (TPSA) is 233 Å². The lowest BCUT2D eigenvalue weighted by molar-refractivity contribution is -0.123. The second-order valence-electron chi connectivity index (χ2n) is 15.6. The van der Waals surface area contributed by atoms with Gasteiger partial charge in [0.1, 0.15) is 11.9 Å². The minimum Gasteiger partial charge on any atom is -0.493 e. The summed E-state index contributed by atoms with van der Waals surface area (Å²) in [6.07, 6.45) is 5.69. The molecule has 4 aromatic carbocycles. The maximum absolute atomic E-state index is 13.2. The molecule has 3 atom stereocenters. The second kappa shape index (κ2) is 17.3. The van der Waals surface area contributed by atoms with E-state index in [1.165, 1.54) is 7.11 Å². The highest BCUT2D eigenvalue weighted by Gasteiger charge is 2.30. The van der Waals surface area contributed by atoms with E-state index in [0.29, 0.717) is 85.3 Å². The molecule has 334 valence electrons. The lowest BCUT2D eigenvalue weighted by atomic mass is 9.94. The summed E-state index contributed by atoms with van der Waals surface area (Å²) >= 11 is 13.3. The number of rotatable bonds is 13. The number of pyridine rings is 1. The molecule has 1 amide bonds. The van der Waals surface area contributed by atoms with Crippen molar-refractivity contribution in [2.75, 3.05) is 24.4 Å². The number of hydrogen-bond acceptors (Lipinski definition) is 14. The van der Waals surface area contributed by atoms with E-state index < -0.39 is 18.2 Å². The van der Waals surface area contributed by atoms with Gasteiger partial charge >= 0.3 is 0 Å². The third kappa shape index (κ3) is 8.14. The number of hydrogen-bond donors (Lipinski definition) is 6. The van der Waals surface area contributed by atoms with Crippen LogP contribution in [-0.4, -0.2) is 79.6 Å². The summed E-state index contributed by atoms with van der Waals surface area (Å²) in [5.74, 6) is 2.74. The Bertz CT molecular complexity index is 3290. The number of nitrogens with one attached hydrogen (secondary N) is 5. The Morgan fingerprint density at radius 3 is 2.09 bits per heavy atom. The lowest BCUT2D eigenvalue weighted by Crippen LogP contribution is -2.31. The molecule has 0 spiro atoms. The van der Waals surface area contributed by atoms with Crippen molar-refractivity contribution in [3.8, 4) is 40.0 Å². The number of aliphatic hydroxyl groups excluding tert-OH is 1. The van der Waals surface area contributed by atoms with Gasteiger partial charge in [-0.15, -0.1) is 10.2 Å². The Balaban J connectivity index is 0.772. The van der Waals surface area contributed by atoms with Gasteiger partial charge in [0.25, 0.3) is 5.91 Å². The summed E-state index contributed by atoms with van der Waals surface area (Å²) in [5, 5.41) is 46.4. The molecule has 0 saturated heterocycles. The van der Waals surface area contributed by atoms with E-state index in [4.69, 9.17) is 42.4 Å². The molecule has 3 unspecified atom stereocenters. The zero-order chi connectivity index (χ0) is 45.6. The number of aliphatic hydroxyl groups is 1. The molecular weight excluding hydrogens is 887 g/mol. The van der Waals surface area contributed by atoms with Crippen molar-refractivity contribution in [1.29, 1.82) is 0 Å². The van der Waals surface area contributed by atoms with Gasteiger partial charge in [0, 0.05) is 65.9 Å². The number of ether oxygens (including phenoxy) is 3. The van der Waals surface area contributed by atoms with Crippen LogP contribution >= 0.6 is 23.2 Å².